The van der Waals surface area contributed by atoms with Gasteiger partial charge in [-0.2, -0.15) is 0 Å². The number of rotatable bonds is 5. The van der Waals surface area contributed by atoms with Crippen molar-refractivity contribution in [3.8, 4) is 0 Å². The Labute approximate surface area is 150 Å². The van der Waals surface area contributed by atoms with Crippen LogP contribution in [0.3, 0.4) is 0 Å². The summed E-state index contributed by atoms with van der Waals surface area (Å²) in [5, 5.41) is 6.12. The molecule has 1 N–H and O–H groups in total. The number of piperidine rings is 1. The molecule has 0 spiro atoms. The van der Waals surface area contributed by atoms with Crippen molar-refractivity contribution in [3.05, 3.63) is 48.0 Å². The smallest absolute Gasteiger partial charge is 0.193 e. The van der Waals surface area contributed by atoms with Crippen LogP contribution < -0.4 is 5.32 Å². The highest BCUT2D eigenvalue weighted by molar-refractivity contribution is 5.83. The molecular weight excluding hydrogens is 310 g/mol. The minimum Gasteiger partial charge on any atom is -0.378 e. The zero-order valence-electron chi connectivity index (χ0n) is 15.4. The molecule has 0 bridgehead atoms. The number of benzene rings is 2. The average molecular weight is 339 g/mol. The van der Waals surface area contributed by atoms with Crippen LogP contribution in [-0.4, -0.2) is 50.3 Å². The molecular formula is C21H29N3O. The highest BCUT2D eigenvalue weighted by atomic mass is 16.5. The number of hydrogen-bond donors (Lipinski definition) is 1. The van der Waals surface area contributed by atoms with E-state index < -0.39 is 0 Å². The molecule has 0 saturated carbocycles. The fourth-order valence-corrected chi connectivity index (χ4v) is 3.52. The van der Waals surface area contributed by atoms with Gasteiger partial charge in [-0.3, -0.25) is 4.99 Å². The molecule has 134 valence electrons. The van der Waals surface area contributed by atoms with E-state index in [1.807, 2.05) is 7.05 Å². The quantitative estimate of drug-likeness (QED) is 0.669. The van der Waals surface area contributed by atoms with Crippen LogP contribution >= 0.6 is 0 Å². The highest BCUT2D eigenvalue weighted by Gasteiger charge is 2.21. The van der Waals surface area contributed by atoms with Crippen molar-refractivity contribution in [1.29, 1.82) is 0 Å². The van der Waals surface area contributed by atoms with Crippen LogP contribution in [0.15, 0.2) is 47.5 Å². The Balaban J connectivity index is 1.49. The third-order valence-corrected chi connectivity index (χ3v) is 4.87. The molecule has 4 nitrogen and oxygen atoms in total. The summed E-state index contributed by atoms with van der Waals surface area (Å²) < 4.78 is 5.73. The second-order valence-electron chi connectivity index (χ2n) is 6.55. The first kappa shape index (κ1) is 17.7. The summed E-state index contributed by atoms with van der Waals surface area (Å²) in [5.74, 6) is 1.01. The third-order valence-electron chi connectivity index (χ3n) is 4.87. The van der Waals surface area contributed by atoms with Crippen molar-refractivity contribution in [2.45, 2.75) is 32.3 Å². The maximum Gasteiger partial charge on any atom is 0.193 e. The molecule has 0 amide bonds. The Morgan fingerprint density at radius 3 is 2.64 bits per heavy atom. The Bertz CT molecular complexity index is 705. The monoisotopic (exact) mass is 339 g/mol. The lowest BCUT2D eigenvalue weighted by Crippen LogP contribution is -2.47. The lowest BCUT2D eigenvalue weighted by atomic mass is 10.1. The second-order valence-corrected chi connectivity index (χ2v) is 6.55. The molecule has 0 aromatic heterocycles. The van der Waals surface area contributed by atoms with Gasteiger partial charge in [-0.1, -0.05) is 42.5 Å². The standard InChI is InChI=1S/C21H29N3O/c1-3-25-20-11-14-24(15-12-20)21(22-2)23-13-10-17-8-9-18-6-4-5-7-19(18)16-17/h4-9,16,20H,3,10-15H2,1-2H3,(H,22,23). The van der Waals surface area contributed by atoms with Gasteiger partial charge < -0.3 is 15.0 Å². The first-order valence-electron chi connectivity index (χ1n) is 9.35. The van der Waals surface area contributed by atoms with Crippen LogP contribution in [0.4, 0.5) is 0 Å². The maximum absolute atomic E-state index is 5.73. The molecule has 0 atom stereocenters. The lowest BCUT2D eigenvalue weighted by Gasteiger charge is -2.34. The van der Waals surface area contributed by atoms with Crippen LogP contribution in [0.5, 0.6) is 0 Å². The fraction of sp³-hybridized carbons (Fsp3) is 0.476. The molecule has 2 aromatic rings. The van der Waals surface area contributed by atoms with Gasteiger partial charge in [-0.25, -0.2) is 0 Å². The maximum atomic E-state index is 5.73. The minimum atomic E-state index is 0.414. The van der Waals surface area contributed by atoms with E-state index in [-0.39, 0.29) is 0 Å². The van der Waals surface area contributed by atoms with Gasteiger partial charge in [-0.15, -0.1) is 0 Å². The van der Waals surface area contributed by atoms with E-state index in [9.17, 15) is 0 Å². The van der Waals surface area contributed by atoms with Crippen LogP contribution in [0, 0.1) is 0 Å². The van der Waals surface area contributed by atoms with E-state index in [0.29, 0.717) is 6.10 Å². The predicted octanol–water partition coefficient (Wildman–Crippen LogP) is 3.46. The summed E-state index contributed by atoms with van der Waals surface area (Å²) in [6.45, 7) is 5.81. The van der Waals surface area contributed by atoms with Gasteiger partial charge in [0.15, 0.2) is 5.96 Å². The lowest BCUT2D eigenvalue weighted by molar-refractivity contribution is 0.0264. The number of hydrogen-bond acceptors (Lipinski definition) is 2. The van der Waals surface area contributed by atoms with Crippen LogP contribution in [0.2, 0.25) is 0 Å². The Morgan fingerprint density at radius 2 is 1.92 bits per heavy atom. The van der Waals surface area contributed by atoms with E-state index in [1.54, 1.807) is 0 Å². The van der Waals surface area contributed by atoms with E-state index in [0.717, 1.165) is 51.5 Å². The average Bonchev–Trinajstić information content (AvgIpc) is 2.66. The molecule has 1 saturated heterocycles. The van der Waals surface area contributed by atoms with Gasteiger partial charge in [-0.05, 0) is 42.5 Å². The molecule has 1 aliphatic heterocycles. The predicted molar refractivity (Wildman–Crippen MR) is 105 cm³/mol. The summed E-state index contributed by atoms with van der Waals surface area (Å²) in [6, 6.07) is 15.2. The Kier molecular flexibility index (Phi) is 6.29. The number of nitrogens with zero attached hydrogens (tertiary/aromatic N) is 2. The second kappa shape index (κ2) is 8.86. The van der Waals surface area contributed by atoms with Gasteiger partial charge in [0.1, 0.15) is 0 Å². The minimum absolute atomic E-state index is 0.414. The molecule has 3 rings (SSSR count). The van der Waals surface area contributed by atoms with Crippen molar-refractivity contribution in [3.63, 3.8) is 0 Å². The molecule has 4 heteroatoms. The van der Waals surface area contributed by atoms with Crippen molar-refractivity contribution in [1.82, 2.24) is 10.2 Å². The van der Waals surface area contributed by atoms with Gasteiger partial charge in [0, 0.05) is 33.3 Å². The van der Waals surface area contributed by atoms with Crippen molar-refractivity contribution in [2.24, 2.45) is 4.99 Å². The summed E-state index contributed by atoms with van der Waals surface area (Å²) in [6.07, 6.45) is 3.58. The number of likely N-dealkylation sites (tertiary alicyclic amines) is 1. The zero-order chi connectivity index (χ0) is 17.5. The van der Waals surface area contributed by atoms with E-state index in [1.165, 1.54) is 16.3 Å². The summed E-state index contributed by atoms with van der Waals surface area (Å²) >= 11 is 0. The van der Waals surface area contributed by atoms with Gasteiger partial charge in [0.25, 0.3) is 0 Å². The van der Waals surface area contributed by atoms with Gasteiger partial charge in [0.2, 0.25) is 0 Å². The largest absolute Gasteiger partial charge is 0.378 e. The highest BCUT2D eigenvalue weighted by Crippen LogP contribution is 2.16. The van der Waals surface area contributed by atoms with Gasteiger partial charge >= 0.3 is 0 Å². The van der Waals surface area contributed by atoms with E-state index >= 15 is 0 Å². The Hall–Kier alpha value is -2.07. The van der Waals surface area contributed by atoms with Crippen molar-refractivity contribution in [2.75, 3.05) is 33.3 Å². The molecule has 25 heavy (non-hydrogen) atoms. The number of nitrogens with one attached hydrogen (secondary N) is 1. The number of fused-ring (bicyclic) bond motifs is 1. The third kappa shape index (κ3) is 4.73. The first-order chi connectivity index (χ1) is 12.3. The van der Waals surface area contributed by atoms with Crippen LogP contribution in [0.25, 0.3) is 10.8 Å². The van der Waals surface area contributed by atoms with Gasteiger partial charge in [0.05, 0.1) is 6.10 Å². The summed E-state index contributed by atoms with van der Waals surface area (Å²) in [7, 11) is 1.87. The van der Waals surface area contributed by atoms with E-state index in [4.69, 9.17) is 4.74 Å². The molecule has 0 unspecified atom stereocenters. The SMILES string of the molecule is CCOC1CCN(C(=NC)NCCc2ccc3ccccc3c2)CC1. The fourth-order valence-electron chi connectivity index (χ4n) is 3.52. The Morgan fingerprint density at radius 1 is 1.16 bits per heavy atom. The summed E-state index contributed by atoms with van der Waals surface area (Å²) in [4.78, 5) is 6.80. The van der Waals surface area contributed by atoms with Crippen LogP contribution in [-0.2, 0) is 11.2 Å². The topological polar surface area (TPSA) is 36.9 Å². The molecule has 2 aromatic carbocycles. The van der Waals surface area contributed by atoms with Crippen molar-refractivity contribution < 1.29 is 4.74 Å². The van der Waals surface area contributed by atoms with Crippen molar-refractivity contribution >= 4 is 16.7 Å². The summed E-state index contributed by atoms with van der Waals surface area (Å²) in [5.41, 5.74) is 1.36. The number of guanidine groups is 1. The number of ether oxygens (including phenoxy) is 1. The van der Waals surface area contributed by atoms with Crippen LogP contribution in [0.1, 0.15) is 25.3 Å². The number of aliphatic imine (C=N–C) groups is 1. The molecule has 1 heterocycles. The normalized spacial score (nSPS) is 16.4. The molecule has 0 radical (unpaired) electrons. The molecule has 1 aliphatic rings. The molecule has 0 aliphatic carbocycles. The van der Waals surface area contributed by atoms with E-state index in [2.05, 4.69) is 64.6 Å². The molecule has 1 fully saturated rings. The zero-order valence-corrected chi connectivity index (χ0v) is 15.4. The first-order valence-corrected chi connectivity index (χ1v) is 9.35.